The molecular weight excluding hydrogens is 452 g/mol. The second-order valence-corrected chi connectivity index (χ2v) is 8.03. The first-order valence-electron chi connectivity index (χ1n) is 11.0. The van der Waals surface area contributed by atoms with Crippen LogP contribution in [0, 0.1) is 10.1 Å². The molecule has 0 bridgehead atoms. The van der Waals surface area contributed by atoms with E-state index in [1.165, 1.54) is 6.07 Å². The highest BCUT2D eigenvalue weighted by molar-refractivity contribution is 5.85. The average molecular weight is 472 g/mol. The number of aromatic nitrogens is 5. The molecule has 0 unspecified atom stereocenters. The van der Waals surface area contributed by atoms with Crippen molar-refractivity contribution in [1.82, 2.24) is 24.7 Å². The second kappa shape index (κ2) is 8.86. The molecule has 11 heteroatoms. The Labute approximate surface area is 197 Å². The zero-order chi connectivity index (χ0) is 24.5. The fourth-order valence-electron chi connectivity index (χ4n) is 4.28. The predicted molar refractivity (Wildman–Crippen MR) is 127 cm³/mol. The number of aryl methyl sites for hydroxylation is 1. The van der Waals surface area contributed by atoms with E-state index < -0.39 is 10.7 Å². The average Bonchev–Trinajstić information content (AvgIpc) is 3.50. The van der Waals surface area contributed by atoms with Crippen molar-refractivity contribution < 1.29 is 9.45 Å². The number of nitrogens with one attached hydrogen (secondary N) is 2. The van der Waals surface area contributed by atoms with Crippen molar-refractivity contribution in [3.63, 3.8) is 0 Å². The molecule has 35 heavy (non-hydrogen) atoms. The minimum Gasteiger partial charge on any atom is -0.307 e. The van der Waals surface area contributed by atoms with Crippen LogP contribution in [-0.4, -0.2) is 29.7 Å². The Kier molecular flexibility index (Phi) is 5.57. The molecule has 0 spiro atoms. The molecule has 0 saturated carbocycles. The number of rotatable bonds is 7. The van der Waals surface area contributed by atoms with Gasteiger partial charge in [0.1, 0.15) is 5.65 Å². The number of H-pyrrole nitrogens is 2. The normalized spacial score (nSPS) is 11.2. The first-order chi connectivity index (χ1) is 17.0. The highest BCUT2D eigenvalue weighted by Crippen LogP contribution is 2.36. The van der Waals surface area contributed by atoms with Gasteiger partial charge in [-0.05, 0) is 23.6 Å². The van der Waals surface area contributed by atoms with E-state index in [4.69, 9.17) is 0 Å². The lowest BCUT2D eigenvalue weighted by Crippen LogP contribution is -2.20. The Hall–Kier alpha value is -4.80. The zero-order valence-electron chi connectivity index (χ0n) is 18.6. The fourth-order valence-corrected chi connectivity index (χ4v) is 4.28. The highest BCUT2D eigenvalue weighted by atomic mass is 16.6. The molecule has 11 nitrogen and oxygen atoms in total. The molecule has 0 atom stereocenters. The topological polar surface area (TPSA) is 152 Å². The van der Waals surface area contributed by atoms with Gasteiger partial charge in [-0.15, -0.1) is 0 Å². The summed E-state index contributed by atoms with van der Waals surface area (Å²) in [5.74, 6) is -0.547. The summed E-state index contributed by atoms with van der Waals surface area (Å²) in [5.41, 5.74) is 3.49. The SMILES string of the molecule is CCCc1c(Cc2ccc(-c3ccccc3-c3noc(=O)[nH]3)c([N+](=O)[O-])c2)c(=O)[nH]c2ccnn12. The van der Waals surface area contributed by atoms with Crippen LogP contribution in [0.1, 0.15) is 30.2 Å². The summed E-state index contributed by atoms with van der Waals surface area (Å²) in [6.45, 7) is 2.01. The van der Waals surface area contributed by atoms with Gasteiger partial charge in [-0.3, -0.25) is 24.4 Å². The van der Waals surface area contributed by atoms with Gasteiger partial charge in [-0.1, -0.05) is 48.8 Å². The smallest absolute Gasteiger partial charge is 0.307 e. The van der Waals surface area contributed by atoms with E-state index in [0.29, 0.717) is 39.9 Å². The molecule has 5 aromatic rings. The van der Waals surface area contributed by atoms with Gasteiger partial charge in [-0.25, -0.2) is 9.31 Å². The molecular formula is C24H20N6O5. The minimum atomic E-state index is -0.720. The van der Waals surface area contributed by atoms with E-state index in [1.54, 1.807) is 53.2 Å². The Morgan fingerprint density at radius 2 is 1.86 bits per heavy atom. The Balaban J connectivity index is 1.61. The van der Waals surface area contributed by atoms with Gasteiger partial charge < -0.3 is 4.98 Å². The van der Waals surface area contributed by atoms with Crippen LogP contribution in [-0.2, 0) is 12.8 Å². The van der Waals surface area contributed by atoms with Crippen molar-refractivity contribution in [3.8, 4) is 22.5 Å². The highest BCUT2D eigenvalue weighted by Gasteiger charge is 2.22. The van der Waals surface area contributed by atoms with Crippen molar-refractivity contribution in [2.45, 2.75) is 26.2 Å². The van der Waals surface area contributed by atoms with E-state index in [0.717, 1.165) is 12.1 Å². The maximum absolute atomic E-state index is 12.9. The maximum atomic E-state index is 12.9. The molecule has 3 heterocycles. The number of nitro groups is 1. The van der Waals surface area contributed by atoms with Crippen molar-refractivity contribution in [1.29, 1.82) is 0 Å². The van der Waals surface area contributed by atoms with E-state index in [2.05, 4.69) is 24.7 Å². The molecule has 5 rings (SSSR count). The fraction of sp³-hybridized carbons (Fsp3) is 0.167. The second-order valence-electron chi connectivity index (χ2n) is 8.03. The van der Waals surface area contributed by atoms with Crippen LogP contribution in [0.5, 0.6) is 0 Å². The maximum Gasteiger partial charge on any atom is 0.439 e. The molecule has 3 aromatic heterocycles. The lowest BCUT2D eigenvalue weighted by atomic mass is 9.94. The van der Waals surface area contributed by atoms with Crippen LogP contribution in [0.3, 0.4) is 0 Å². The zero-order valence-corrected chi connectivity index (χ0v) is 18.6. The molecule has 0 radical (unpaired) electrons. The van der Waals surface area contributed by atoms with Gasteiger partial charge in [0.2, 0.25) is 0 Å². The van der Waals surface area contributed by atoms with Crippen molar-refractivity contribution >= 4 is 11.3 Å². The molecule has 2 aromatic carbocycles. The number of fused-ring (bicyclic) bond motifs is 1. The summed E-state index contributed by atoms with van der Waals surface area (Å²) in [7, 11) is 0. The Bertz CT molecular complexity index is 1680. The number of hydrogen-bond acceptors (Lipinski definition) is 7. The van der Waals surface area contributed by atoms with Gasteiger partial charge in [0.15, 0.2) is 5.82 Å². The van der Waals surface area contributed by atoms with Crippen LogP contribution in [0.25, 0.3) is 28.2 Å². The molecule has 0 amide bonds. The third-order valence-corrected chi connectivity index (χ3v) is 5.80. The minimum absolute atomic E-state index is 0.130. The van der Waals surface area contributed by atoms with Crippen LogP contribution in [0.15, 0.2) is 68.8 Å². The number of nitro benzene ring substituents is 1. The quantitative estimate of drug-likeness (QED) is 0.272. The Morgan fingerprint density at radius 1 is 1.06 bits per heavy atom. The third kappa shape index (κ3) is 4.03. The summed E-state index contributed by atoms with van der Waals surface area (Å²) in [6.07, 6.45) is 3.28. The van der Waals surface area contributed by atoms with Gasteiger partial charge in [0.05, 0.1) is 22.4 Å². The Morgan fingerprint density at radius 3 is 2.57 bits per heavy atom. The number of aromatic amines is 2. The van der Waals surface area contributed by atoms with E-state index >= 15 is 0 Å². The summed E-state index contributed by atoms with van der Waals surface area (Å²) >= 11 is 0. The monoisotopic (exact) mass is 472 g/mol. The lowest BCUT2D eigenvalue weighted by Gasteiger charge is -2.12. The summed E-state index contributed by atoms with van der Waals surface area (Å²) in [5, 5.41) is 20.1. The molecule has 0 saturated heterocycles. The van der Waals surface area contributed by atoms with Crippen LogP contribution in [0.2, 0.25) is 0 Å². The molecule has 0 aliphatic carbocycles. The van der Waals surface area contributed by atoms with E-state index in [-0.39, 0.29) is 23.5 Å². The van der Waals surface area contributed by atoms with Gasteiger partial charge in [0.25, 0.3) is 11.2 Å². The molecule has 0 aliphatic heterocycles. The molecule has 0 aliphatic rings. The summed E-state index contributed by atoms with van der Waals surface area (Å²) in [6, 6.07) is 13.5. The molecule has 176 valence electrons. The summed E-state index contributed by atoms with van der Waals surface area (Å²) < 4.78 is 6.31. The molecule has 2 N–H and O–H groups in total. The number of benzene rings is 2. The van der Waals surface area contributed by atoms with Gasteiger partial charge in [-0.2, -0.15) is 5.10 Å². The first kappa shape index (κ1) is 22.0. The summed E-state index contributed by atoms with van der Waals surface area (Å²) in [4.78, 5) is 41.2. The lowest BCUT2D eigenvalue weighted by molar-refractivity contribution is -0.384. The predicted octanol–water partition coefficient (Wildman–Crippen LogP) is 3.48. The van der Waals surface area contributed by atoms with Crippen molar-refractivity contribution in [2.75, 3.05) is 0 Å². The standard InChI is InChI=1S/C24H20N6O5/c1-2-5-19-18(23(31)26-21-10-11-25-29(19)21)12-14-8-9-16(20(13-14)30(33)34)15-6-3-4-7-17(15)22-27-24(32)35-28-22/h3-4,6-11,13H,2,5,12H2,1H3,(H,26,31)(H,27,28,32). The van der Waals surface area contributed by atoms with Crippen LogP contribution in [0.4, 0.5) is 5.69 Å². The van der Waals surface area contributed by atoms with Gasteiger partial charge in [0, 0.05) is 29.7 Å². The molecule has 0 fully saturated rings. The third-order valence-electron chi connectivity index (χ3n) is 5.80. The largest absolute Gasteiger partial charge is 0.439 e. The van der Waals surface area contributed by atoms with Gasteiger partial charge >= 0.3 is 5.76 Å². The first-order valence-corrected chi connectivity index (χ1v) is 11.0. The van der Waals surface area contributed by atoms with E-state index in [9.17, 15) is 19.7 Å². The van der Waals surface area contributed by atoms with Crippen molar-refractivity contribution in [2.24, 2.45) is 0 Å². The van der Waals surface area contributed by atoms with Crippen LogP contribution < -0.4 is 11.3 Å². The van der Waals surface area contributed by atoms with Crippen LogP contribution >= 0.6 is 0 Å². The number of nitrogens with zero attached hydrogens (tertiary/aromatic N) is 4. The van der Waals surface area contributed by atoms with E-state index in [1.807, 2.05) is 6.92 Å². The van der Waals surface area contributed by atoms with Crippen molar-refractivity contribution in [3.05, 3.63) is 103 Å². The number of hydrogen-bond donors (Lipinski definition) is 2.